The van der Waals surface area contributed by atoms with Crippen LogP contribution in [0.25, 0.3) is 0 Å². The maximum Gasteiger partial charge on any atom is 0.343 e. The lowest BCUT2D eigenvalue weighted by molar-refractivity contribution is -0.147. The summed E-state index contributed by atoms with van der Waals surface area (Å²) in [5.74, 6) is -1.32. The Balaban J connectivity index is 1.31. The first-order valence-corrected chi connectivity index (χ1v) is 12.4. The molecule has 10 heteroatoms. The van der Waals surface area contributed by atoms with Crippen LogP contribution in [0, 0.1) is 5.92 Å². The second kappa shape index (κ2) is 11.9. The van der Waals surface area contributed by atoms with Gasteiger partial charge in [0, 0.05) is 29.1 Å². The number of Topliss-reactive ketones (excluding diaryl/α,β-unsaturated/α-hetero) is 1. The Morgan fingerprint density at radius 3 is 2.21 bits per heavy atom. The summed E-state index contributed by atoms with van der Waals surface area (Å²) in [6.07, 6.45) is -0.0498. The molecule has 0 bridgehead atoms. The van der Waals surface area contributed by atoms with Crippen molar-refractivity contribution in [2.24, 2.45) is 5.92 Å². The summed E-state index contributed by atoms with van der Waals surface area (Å²) in [6.45, 7) is -0.391. The van der Waals surface area contributed by atoms with E-state index < -0.39 is 30.2 Å². The molecule has 38 heavy (non-hydrogen) atoms. The molecule has 196 valence electrons. The molecule has 4 rings (SSSR count). The number of hydrogen-bond acceptors (Lipinski definition) is 8. The highest BCUT2D eigenvalue weighted by Crippen LogP contribution is 2.36. The maximum absolute atomic E-state index is 12.6. The number of ether oxygens (including phenoxy) is 4. The van der Waals surface area contributed by atoms with Crippen LogP contribution in [-0.4, -0.2) is 51.0 Å². The van der Waals surface area contributed by atoms with Gasteiger partial charge in [0.05, 0.1) is 31.4 Å². The van der Waals surface area contributed by atoms with Crippen LogP contribution in [0.1, 0.15) is 27.1 Å². The normalized spacial score (nSPS) is 14.7. The minimum atomic E-state index is -0.730. The second-order valence-electron chi connectivity index (χ2n) is 8.39. The summed E-state index contributed by atoms with van der Waals surface area (Å²) in [4.78, 5) is 51.5. The molecule has 1 heterocycles. The zero-order chi connectivity index (χ0) is 27.2. The van der Waals surface area contributed by atoms with Gasteiger partial charge in [-0.15, -0.1) is 0 Å². The van der Waals surface area contributed by atoms with Crippen molar-refractivity contribution in [1.29, 1.82) is 0 Å². The van der Waals surface area contributed by atoms with Crippen molar-refractivity contribution in [3.8, 4) is 17.2 Å². The van der Waals surface area contributed by atoms with E-state index in [-0.39, 0.29) is 30.2 Å². The van der Waals surface area contributed by atoms with E-state index in [0.29, 0.717) is 22.7 Å². The lowest BCUT2D eigenvalue weighted by Gasteiger charge is -2.20. The lowest BCUT2D eigenvalue weighted by Crippen LogP contribution is -2.27. The van der Waals surface area contributed by atoms with Crippen LogP contribution in [0.2, 0.25) is 0 Å². The predicted octanol–water partition coefficient (Wildman–Crippen LogP) is 4.46. The standard InChI is InChI=1S/C28H24BrNO8/c1-35-22-11-12-25(36-2)23(14-22)30-15-19(13-26(30)32)27(33)37-16-24(31)17-5-9-21(10-6-17)38-28(34)18-3-7-20(29)8-4-18/h3-12,14,19H,13,15-16H2,1-2H3/t19-/m1/s1. The number of halogens is 1. The van der Waals surface area contributed by atoms with Gasteiger partial charge in [-0.05, 0) is 60.7 Å². The number of amides is 1. The zero-order valence-corrected chi connectivity index (χ0v) is 22.2. The number of anilines is 1. The van der Waals surface area contributed by atoms with Crippen molar-refractivity contribution in [3.63, 3.8) is 0 Å². The van der Waals surface area contributed by atoms with E-state index in [1.807, 2.05) is 0 Å². The Morgan fingerprint density at radius 2 is 1.55 bits per heavy atom. The largest absolute Gasteiger partial charge is 0.497 e. The van der Waals surface area contributed by atoms with E-state index >= 15 is 0 Å². The van der Waals surface area contributed by atoms with Crippen LogP contribution < -0.4 is 19.1 Å². The molecule has 1 amide bonds. The fraction of sp³-hybridized carbons (Fsp3) is 0.214. The molecule has 1 saturated heterocycles. The van der Waals surface area contributed by atoms with Crippen LogP contribution in [0.3, 0.4) is 0 Å². The number of carbonyl (C=O) groups is 4. The summed E-state index contributed by atoms with van der Waals surface area (Å²) in [5, 5.41) is 0. The fourth-order valence-electron chi connectivity index (χ4n) is 3.90. The van der Waals surface area contributed by atoms with Gasteiger partial charge < -0.3 is 23.8 Å². The monoisotopic (exact) mass is 581 g/mol. The van der Waals surface area contributed by atoms with Crippen LogP contribution in [0.5, 0.6) is 17.2 Å². The van der Waals surface area contributed by atoms with Crippen LogP contribution in [0.15, 0.2) is 71.2 Å². The van der Waals surface area contributed by atoms with E-state index in [1.54, 1.807) is 42.5 Å². The number of nitrogens with zero attached hydrogens (tertiary/aromatic N) is 1. The van der Waals surface area contributed by atoms with Crippen molar-refractivity contribution in [3.05, 3.63) is 82.3 Å². The summed E-state index contributed by atoms with van der Waals surface area (Å²) >= 11 is 3.31. The van der Waals surface area contributed by atoms with Gasteiger partial charge in [0.1, 0.15) is 17.2 Å². The third kappa shape index (κ3) is 6.20. The molecular weight excluding hydrogens is 558 g/mol. The maximum atomic E-state index is 12.6. The van der Waals surface area contributed by atoms with Crippen molar-refractivity contribution in [2.75, 3.05) is 32.3 Å². The fourth-order valence-corrected chi connectivity index (χ4v) is 4.17. The zero-order valence-electron chi connectivity index (χ0n) is 20.6. The van der Waals surface area contributed by atoms with Gasteiger partial charge >= 0.3 is 11.9 Å². The summed E-state index contributed by atoms with van der Waals surface area (Å²) < 4.78 is 22.0. The van der Waals surface area contributed by atoms with Crippen molar-refractivity contribution < 1.29 is 38.1 Å². The summed E-state index contributed by atoms with van der Waals surface area (Å²) in [6, 6.07) is 17.7. The molecule has 0 unspecified atom stereocenters. The highest BCUT2D eigenvalue weighted by Gasteiger charge is 2.37. The van der Waals surface area contributed by atoms with Gasteiger partial charge in [0.2, 0.25) is 5.91 Å². The first-order valence-electron chi connectivity index (χ1n) is 11.6. The molecule has 1 aliphatic heterocycles. The van der Waals surface area contributed by atoms with E-state index in [4.69, 9.17) is 18.9 Å². The Hall–Kier alpha value is -4.18. The molecule has 1 fully saturated rings. The number of methoxy groups -OCH3 is 2. The predicted molar refractivity (Wildman–Crippen MR) is 141 cm³/mol. The minimum absolute atomic E-state index is 0.0498. The Kier molecular flexibility index (Phi) is 8.42. The minimum Gasteiger partial charge on any atom is -0.497 e. The van der Waals surface area contributed by atoms with Gasteiger partial charge in [-0.1, -0.05) is 15.9 Å². The molecule has 0 N–H and O–H groups in total. The molecule has 0 radical (unpaired) electrons. The van der Waals surface area contributed by atoms with Gasteiger partial charge in [0.15, 0.2) is 12.4 Å². The number of benzene rings is 3. The Labute approximate surface area is 227 Å². The molecule has 9 nitrogen and oxygen atoms in total. The van der Waals surface area contributed by atoms with Gasteiger partial charge in [-0.3, -0.25) is 14.4 Å². The van der Waals surface area contributed by atoms with Crippen LogP contribution in [0.4, 0.5) is 5.69 Å². The summed E-state index contributed by atoms with van der Waals surface area (Å²) in [5.41, 5.74) is 1.16. The average Bonchev–Trinajstić information content (AvgIpc) is 3.33. The molecule has 0 spiro atoms. The van der Waals surface area contributed by atoms with Crippen molar-refractivity contribution in [2.45, 2.75) is 6.42 Å². The topological polar surface area (TPSA) is 108 Å². The molecule has 0 aliphatic carbocycles. The smallest absolute Gasteiger partial charge is 0.343 e. The molecule has 3 aromatic rings. The quantitative estimate of drug-likeness (QED) is 0.207. The lowest BCUT2D eigenvalue weighted by atomic mass is 10.1. The third-order valence-corrected chi connectivity index (χ3v) is 6.48. The number of rotatable bonds is 9. The van der Waals surface area contributed by atoms with E-state index in [9.17, 15) is 19.2 Å². The molecule has 0 saturated carbocycles. The van der Waals surface area contributed by atoms with Crippen molar-refractivity contribution >= 4 is 45.2 Å². The SMILES string of the molecule is COc1ccc(OC)c(N2C[C@H](C(=O)OCC(=O)c3ccc(OC(=O)c4ccc(Br)cc4)cc3)CC2=O)c1. The molecule has 0 aromatic heterocycles. The van der Waals surface area contributed by atoms with E-state index in [0.717, 1.165) is 4.47 Å². The number of ketones is 1. The first kappa shape index (κ1) is 26.9. The Bertz CT molecular complexity index is 1350. The molecule has 1 aliphatic rings. The Morgan fingerprint density at radius 1 is 0.895 bits per heavy atom. The van der Waals surface area contributed by atoms with Crippen molar-refractivity contribution in [1.82, 2.24) is 0 Å². The molecular formula is C28H24BrNO8. The number of hydrogen-bond donors (Lipinski definition) is 0. The van der Waals surface area contributed by atoms with Crippen LogP contribution in [-0.2, 0) is 14.3 Å². The summed E-state index contributed by atoms with van der Waals surface area (Å²) in [7, 11) is 3.00. The number of esters is 2. The highest BCUT2D eigenvalue weighted by molar-refractivity contribution is 9.10. The molecule has 3 aromatic carbocycles. The van der Waals surface area contributed by atoms with Gasteiger partial charge in [0.25, 0.3) is 0 Å². The number of carbonyl (C=O) groups excluding carboxylic acids is 4. The average molecular weight is 582 g/mol. The third-order valence-electron chi connectivity index (χ3n) is 5.95. The highest BCUT2D eigenvalue weighted by atomic mass is 79.9. The van der Waals surface area contributed by atoms with Crippen LogP contribution >= 0.6 is 15.9 Å². The second-order valence-corrected chi connectivity index (χ2v) is 9.31. The van der Waals surface area contributed by atoms with E-state index in [1.165, 1.54) is 43.4 Å². The first-order chi connectivity index (χ1) is 18.3. The molecule has 1 atom stereocenters. The van der Waals surface area contributed by atoms with E-state index in [2.05, 4.69) is 15.9 Å². The van der Waals surface area contributed by atoms with Gasteiger partial charge in [-0.2, -0.15) is 0 Å². The van der Waals surface area contributed by atoms with Gasteiger partial charge in [-0.25, -0.2) is 4.79 Å².